The molecule has 0 spiro atoms. The molecule has 4 nitrogen and oxygen atoms in total. The number of esters is 1. The van der Waals surface area contributed by atoms with Gasteiger partial charge in [-0.2, -0.15) is 0 Å². The van der Waals surface area contributed by atoms with Crippen LogP contribution in [0.3, 0.4) is 0 Å². The number of carbonyl (C=O) groups excluding carboxylic acids is 2. The van der Waals surface area contributed by atoms with Crippen molar-refractivity contribution >= 4 is 11.9 Å². The molecule has 0 bridgehead atoms. The molecular formula is C12H13NO3. The van der Waals surface area contributed by atoms with Gasteiger partial charge in [-0.1, -0.05) is 18.2 Å². The summed E-state index contributed by atoms with van der Waals surface area (Å²) in [6, 6.07) is 6.85. The molecule has 1 amide bonds. The SMILES string of the molecule is COC(=O)[C@H](C)N1Cc2ccccc2C1=O. The van der Waals surface area contributed by atoms with Crippen molar-refractivity contribution in [3.8, 4) is 0 Å². The molecule has 0 saturated carbocycles. The van der Waals surface area contributed by atoms with Crippen molar-refractivity contribution in [2.75, 3.05) is 7.11 Å². The Kier molecular flexibility index (Phi) is 2.64. The van der Waals surface area contributed by atoms with Crippen LogP contribution in [0.1, 0.15) is 22.8 Å². The minimum Gasteiger partial charge on any atom is -0.467 e. The Labute approximate surface area is 93.8 Å². The van der Waals surface area contributed by atoms with Crippen LogP contribution in [0, 0.1) is 0 Å². The number of hydrogen-bond donors (Lipinski definition) is 0. The summed E-state index contributed by atoms with van der Waals surface area (Å²) in [4.78, 5) is 24.9. The molecule has 2 rings (SSSR count). The summed E-state index contributed by atoms with van der Waals surface area (Å²) in [7, 11) is 1.33. The van der Waals surface area contributed by atoms with Crippen molar-refractivity contribution in [3.63, 3.8) is 0 Å². The summed E-state index contributed by atoms with van der Waals surface area (Å²) in [6.07, 6.45) is 0. The molecular weight excluding hydrogens is 206 g/mol. The van der Waals surface area contributed by atoms with Crippen LogP contribution >= 0.6 is 0 Å². The topological polar surface area (TPSA) is 46.6 Å². The summed E-state index contributed by atoms with van der Waals surface area (Å²) >= 11 is 0. The van der Waals surface area contributed by atoms with Gasteiger partial charge in [0.15, 0.2) is 0 Å². The fourth-order valence-corrected chi connectivity index (χ4v) is 1.89. The molecule has 0 saturated heterocycles. The predicted molar refractivity (Wildman–Crippen MR) is 57.8 cm³/mol. The van der Waals surface area contributed by atoms with Crippen LogP contribution in [0.2, 0.25) is 0 Å². The lowest BCUT2D eigenvalue weighted by atomic mass is 10.1. The largest absolute Gasteiger partial charge is 0.467 e. The van der Waals surface area contributed by atoms with E-state index in [2.05, 4.69) is 4.74 Å². The zero-order chi connectivity index (χ0) is 11.7. The maximum Gasteiger partial charge on any atom is 0.328 e. The van der Waals surface area contributed by atoms with E-state index < -0.39 is 6.04 Å². The highest BCUT2D eigenvalue weighted by Crippen LogP contribution is 2.24. The molecule has 1 aromatic carbocycles. The lowest BCUT2D eigenvalue weighted by molar-refractivity contribution is -0.145. The number of methoxy groups -OCH3 is 1. The normalized spacial score (nSPS) is 15.9. The minimum absolute atomic E-state index is 0.103. The predicted octanol–water partition coefficient (Wildman–Crippen LogP) is 1.20. The smallest absolute Gasteiger partial charge is 0.328 e. The van der Waals surface area contributed by atoms with Gasteiger partial charge in [-0.05, 0) is 18.6 Å². The van der Waals surface area contributed by atoms with E-state index in [1.807, 2.05) is 18.2 Å². The quantitative estimate of drug-likeness (QED) is 0.702. The van der Waals surface area contributed by atoms with Gasteiger partial charge in [0.2, 0.25) is 0 Å². The molecule has 0 fully saturated rings. The first kappa shape index (κ1) is 10.7. The van der Waals surface area contributed by atoms with Gasteiger partial charge in [-0.25, -0.2) is 4.79 Å². The van der Waals surface area contributed by atoms with Crippen molar-refractivity contribution in [2.24, 2.45) is 0 Å². The Morgan fingerprint density at radius 3 is 2.75 bits per heavy atom. The van der Waals surface area contributed by atoms with Crippen LogP contribution in [0.5, 0.6) is 0 Å². The Hall–Kier alpha value is -1.84. The summed E-state index contributed by atoms with van der Waals surface area (Å²) in [5.74, 6) is -0.491. The van der Waals surface area contributed by atoms with Crippen LogP contribution in [0.15, 0.2) is 24.3 Å². The molecule has 84 valence electrons. The first-order valence-electron chi connectivity index (χ1n) is 5.12. The number of fused-ring (bicyclic) bond motifs is 1. The molecule has 1 aromatic rings. The maximum atomic E-state index is 12.0. The van der Waals surface area contributed by atoms with Crippen molar-refractivity contribution in [1.29, 1.82) is 0 Å². The van der Waals surface area contributed by atoms with Gasteiger partial charge in [0, 0.05) is 12.1 Å². The van der Waals surface area contributed by atoms with E-state index in [0.717, 1.165) is 5.56 Å². The summed E-state index contributed by atoms with van der Waals surface area (Å²) < 4.78 is 4.64. The Balaban J connectivity index is 2.25. The minimum atomic E-state index is -0.537. The van der Waals surface area contributed by atoms with Crippen LogP contribution in [0.25, 0.3) is 0 Å². The number of ether oxygens (including phenoxy) is 1. The maximum absolute atomic E-state index is 12.0. The molecule has 0 aromatic heterocycles. The highest BCUT2D eigenvalue weighted by atomic mass is 16.5. The molecule has 1 aliphatic rings. The molecule has 0 N–H and O–H groups in total. The van der Waals surface area contributed by atoms with Crippen LogP contribution in [-0.4, -0.2) is 29.9 Å². The van der Waals surface area contributed by atoms with Crippen molar-refractivity contribution in [3.05, 3.63) is 35.4 Å². The van der Waals surface area contributed by atoms with E-state index in [0.29, 0.717) is 12.1 Å². The summed E-state index contributed by atoms with van der Waals surface area (Å²) in [5, 5.41) is 0. The lowest BCUT2D eigenvalue weighted by Gasteiger charge is -2.21. The van der Waals surface area contributed by atoms with Gasteiger partial charge < -0.3 is 9.64 Å². The highest BCUT2D eigenvalue weighted by molar-refractivity contribution is 6.00. The Morgan fingerprint density at radius 2 is 2.12 bits per heavy atom. The van der Waals surface area contributed by atoms with Gasteiger partial charge >= 0.3 is 5.97 Å². The average Bonchev–Trinajstić information content (AvgIpc) is 2.65. The standard InChI is InChI=1S/C12H13NO3/c1-8(12(15)16-2)13-7-9-5-3-4-6-10(9)11(13)14/h3-6,8H,7H2,1-2H3/t8-/m0/s1. The van der Waals surface area contributed by atoms with E-state index in [1.54, 1.807) is 13.0 Å². The van der Waals surface area contributed by atoms with E-state index in [9.17, 15) is 9.59 Å². The zero-order valence-corrected chi connectivity index (χ0v) is 9.27. The molecule has 1 heterocycles. The first-order valence-corrected chi connectivity index (χ1v) is 5.12. The van der Waals surface area contributed by atoms with Crippen molar-refractivity contribution in [1.82, 2.24) is 4.90 Å². The average molecular weight is 219 g/mol. The second-order valence-electron chi connectivity index (χ2n) is 3.79. The van der Waals surface area contributed by atoms with E-state index in [4.69, 9.17) is 0 Å². The lowest BCUT2D eigenvalue weighted by Crippen LogP contribution is -2.39. The van der Waals surface area contributed by atoms with E-state index in [1.165, 1.54) is 12.0 Å². The summed E-state index contributed by atoms with van der Waals surface area (Å²) in [5.41, 5.74) is 1.64. The third kappa shape index (κ3) is 1.56. The fraction of sp³-hybridized carbons (Fsp3) is 0.333. The number of hydrogen-bond acceptors (Lipinski definition) is 3. The Morgan fingerprint density at radius 1 is 1.44 bits per heavy atom. The molecule has 0 radical (unpaired) electrons. The third-order valence-electron chi connectivity index (χ3n) is 2.86. The van der Waals surface area contributed by atoms with Gasteiger partial charge in [0.25, 0.3) is 5.91 Å². The third-order valence-corrected chi connectivity index (χ3v) is 2.86. The summed E-state index contributed by atoms with van der Waals surface area (Å²) in [6.45, 7) is 2.15. The number of benzene rings is 1. The van der Waals surface area contributed by atoms with Crippen LogP contribution in [-0.2, 0) is 16.1 Å². The van der Waals surface area contributed by atoms with Gasteiger partial charge in [0.1, 0.15) is 6.04 Å². The van der Waals surface area contributed by atoms with Gasteiger partial charge in [-0.15, -0.1) is 0 Å². The molecule has 16 heavy (non-hydrogen) atoms. The fourth-order valence-electron chi connectivity index (χ4n) is 1.89. The number of rotatable bonds is 2. The highest BCUT2D eigenvalue weighted by Gasteiger charge is 2.33. The number of amides is 1. The van der Waals surface area contributed by atoms with E-state index >= 15 is 0 Å². The van der Waals surface area contributed by atoms with Crippen molar-refractivity contribution < 1.29 is 14.3 Å². The van der Waals surface area contributed by atoms with Crippen LogP contribution < -0.4 is 0 Å². The first-order chi connectivity index (χ1) is 7.65. The zero-order valence-electron chi connectivity index (χ0n) is 9.27. The van der Waals surface area contributed by atoms with E-state index in [-0.39, 0.29) is 11.9 Å². The number of nitrogens with zero attached hydrogens (tertiary/aromatic N) is 1. The molecule has 1 atom stereocenters. The van der Waals surface area contributed by atoms with Crippen LogP contribution in [0.4, 0.5) is 0 Å². The molecule has 1 aliphatic heterocycles. The van der Waals surface area contributed by atoms with Gasteiger partial charge in [0.05, 0.1) is 7.11 Å². The second-order valence-corrected chi connectivity index (χ2v) is 3.79. The molecule has 0 unspecified atom stereocenters. The molecule has 0 aliphatic carbocycles. The monoisotopic (exact) mass is 219 g/mol. The molecule has 4 heteroatoms. The van der Waals surface area contributed by atoms with Crippen molar-refractivity contribution in [2.45, 2.75) is 19.5 Å². The number of carbonyl (C=O) groups is 2. The Bertz CT molecular complexity index is 442. The second kappa shape index (κ2) is 3.96. The van der Waals surface area contributed by atoms with Gasteiger partial charge in [-0.3, -0.25) is 4.79 Å².